The van der Waals surface area contributed by atoms with Crippen LogP contribution in [0.2, 0.25) is 0 Å². The average Bonchev–Trinajstić information content (AvgIpc) is 2.59. The van der Waals surface area contributed by atoms with E-state index in [1.165, 1.54) is 11.1 Å². The van der Waals surface area contributed by atoms with Crippen LogP contribution in [0.5, 0.6) is 5.75 Å². The second kappa shape index (κ2) is 8.78. The first-order chi connectivity index (χ1) is 11.1. The van der Waals surface area contributed by atoms with E-state index >= 15 is 0 Å². The Hall–Kier alpha value is -2.56. The van der Waals surface area contributed by atoms with Crippen LogP contribution < -0.4 is 10.1 Å². The van der Waals surface area contributed by atoms with Crippen molar-refractivity contribution in [2.45, 2.75) is 13.3 Å². The number of urea groups is 1. The number of aromatic nitrogens is 1. The van der Waals surface area contributed by atoms with Gasteiger partial charge in [0.25, 0.3) is 0 Å². The minimum absolute atomic E-state index is 0.0911. The van der Waals surface area contributed by atoms with Crippen molar-refractivity contribution >= 4 is 6.03 Å². The Morgan fingerprint density at radius 2 is 1.87 bits per heavy atom. The third-order valence-electron chi connectivity index (χ3n) is 3.50. The zero-order valence-corrected chi connectivity index (χ0v) is 13.7. The Morgan fingerprint density at radius 3 is 2.57 bits per heavy atom. The Morgan fingerprint density at radius 1 is 1.17 bits per heavy atom. The largest absolute Gasteiger partial charge is 0.492 e. The first kappa shape index (κ1) is 16.8. The molecule has 2 amide bonds. The second-order valence-electron chi connectivity index (χ2n) is 5.42. The summed E-state index contributed by atoms with van der Waals surface area (Å²) in [7, 11) is 1.79. The van der Waals surface area contributed by atoms with Crippen LogP contribution in [0.4, 0.5) is 4.79 Å². The monoisotopic (exact) mass is 313 g/mol. The van der Waals surface area contributed by atoms with Crippen LogP contribution in [0, 0.1) is 6.92 Å². The molecule has 5 nitrogen and oxygen atoms in total. The summed E-state index contributed by atoms with van der Waals surface area (Å²) in [6.45, 7) is 3.62. The van der Waals surface area contributed by atoms with Gasteiger partial charge in [0.05, 0.1) is 6.54 Å². The highest BCUT2D eigenvalue weighted by Gasteiger charge is 2.07. The van der Waals surface area contributed by atoms with E-state index in [4.69, 9.17) is 4.74 Å². The fourth-order valence-corrected chi connectivity index (χ4v) is 2.04. The molecule has 0 saturated heterocycles. The Labute approximate surface area is 137 Å². The molecule has 2 aromatic rings. The zero-order valence-electron chi connectivity index (χ0n) is 13.7. The van der Waals surface area contributed by atoms with Crippen LogP contribution in [0.3, 0.4) is 0 Å². The molecule has 0 bridgehead atoms. The minimum Gasteiger partial charge on any atom is -0.492 e. The molecule has 0 atom stereocenters. The average molecular weight is 313 g/mol. The molecule has 0 aliphatic heterocycles. The predicted molar refractivity (Wildman–Crippen MR) is 90.6 cm³/mol. The number of amides is 2. The zero-order chi connectivity index (χ0) is 16.5. The number of pyridine rings is 1. The first-order valence-corrected chi connectivity index (χ1v) is 7.72. The molecular weight excluding hydrogens is 290 g/mol. The number of nitrogens with one attached hydrogen (secondary N) is 1. The Bertz CT molecular complexity index is 599. The van der Waals surface area contributed by atoms with Crippen LogP contribution in [-0.4, -0.2) is 42.7 Å². The van der Waals surface area contributed by atoms with Gasteiger partial charge in [0, 0.05) is 26.0 Å². The van der Waals surface area contributed by atoms with E-state index in [9.17, 15) is 4.79 Å². The van der Waals surface area contributed by atoms with Gasteiger partial charge in [-0.2, -0.15) is 0 Å². The number of carbonyl (C=O) groups is 1. The highest BCUT2D eigenvalue weighted by atomic mass is 16.5. The number of aryl methyl sites for hydroxylation is 1. The number of benzene rings is 1. The molecule has 0 radical (unpaired) electrons. The van der Waals surface area contributed by atoms with Crippen molar-refractivity contribution in [1.82, 2.24) is 15.2 Å². The molecular formula is C18H23N3O2. The lowest BCUT2D eigenvalue weighted by molar-refractivity contribution is 0.206. The highest BCUT2D eigenvalue weighted by molar-refractivity contribution is 5.73. The van der Waals surface area contributed by atoms with Gasteiger partial charge in [-0.25, -0.2) is 4.79 Å². The SMILES string of the molecule is Cc1ccc(OCCNC(=O)N(C)CCc2ccncc2)cc1. The number of hydrogen-bond acceptors (Lipinski definition) is 3. The van der Waals surface area contributed by atoms with E-state index in [0.717, 1.165) is 12.2 Å². The summed E-state index contributed by atoms with van der Waals surface area (Å²) in [4.78, 5) is 17.6. The maximum Gasteiger partial charge on any atom is 0.317 e. The molecule has 0 fully saturated rings. The summed E-state index contributed by atoms with van der Waals surface area (Å²) in [5, 5.41) is 2.85. The maximum absolute atomic E-state index is 12.0. The summed E-state index contributed by atoms with van der Waals surface area (Å²) >= 11 is 0. The summed E-state index contributed by atoms with van der Waals surface area (Å²) in [5.74, 6) is 0.816. The van der Waals surface area contributed by atoms with E-state index in [-0.39, 0.29) is 6.03 Å². The molecule has 1 heterocycles. The van der Waals surface area contributed by atoms with Gasteiger partial charge in [-0.15, -0.1) is 0 Å². The van der Waals surface area contributed by atoms with Crippen LogP contribution in [0.15, 0.2) is 48.8 Å². The van der Waals surface area contributed by atoms with Gasteiger partial charge in [-0.05, 0) is 43.2 Å². The molecule has 0 aliphatic carbocycles. The third-order valence-corrected chi connectivity index (χ3v) is 3.50. The number of likely N-dealkylation sites (N-methyl/N-ethyl adjacent to an activating group) is 1. The number of hydrogen-bond donors (Lipinski definition) is 1. The smallest absolute Gasteiger partial charge is 0.317 e. The van der Waals surface area contributed by atoms with Crippen LogP contribution in [-0.2, 0) is 6.42 Å². The van der Waals surface area contributed by atoms with Crippen LogP contribution in [0.1, 0.15) is 11.1 Å². The molecule has 0 aliphatic rings. The third kappa shape index (κ3) is 5.98. The van der Waals surface area contributed by atoms with E-state index < -0.39 is 0 Å². The quantitative estimate of drug-likeness (QED) is 0.800. The standard InChI is InChI=1S/C18H23N3O2/c1-15-3-5-17(6-4-15)23-14-12-20-18(22)21(2)13-9-16-7-10-19-11-8-16/h3-8,10-11H,9,12-14H2,1-2H3,(H,20,22). The van der Waals surface area contributed by atoms with Crippen molar-refractivity contribution in [1.29, 1.82) is 0 Å². The van der Waals surface area contributed by atoms with E-state index in [1.54, 1.807) is 24.3 Å². The molecule has 1 N–H and O–H groups in total. The molecule has 5 heteroatoms. The molecule has 0 unspecified atom stereocenters. The molecule has 0 spiro atoms. The fourth-order valence-electron chi connectivity index (χ4n) is 2.04. The minimum atomic E-state index is -0.0911. The van der Waals surface area contributed by atoms with Crippen molar-refractivity contribution in [3.63, 3.8) is 0 Å². The molecule has 23 heavy (non-hydrogen) atoms. The molecule has 0 saturated carbocycles. The van der Waals surface area contributed by atoms with Gasteiger partial charge in [0.15, 0.2) is 0 Å². The van der Waals surface area contributed by atoms with E-state index in [1.807, 2.05) is 43.3 Å². The maximum atomic E-state index is 12.0. The molecule has 1 aromatic carbocycles. The van der Waals surface area contributed by atoms with Crippen molar-refractivity contribution in [3.05, 3.63) is 59.9 Å². The molecule has 2 rings (SSSR count). The summed E-state index contributed by atoms with van der Waals surface area (Å²) in [6, 6.07) is 11.7. The predicted octanol–water partition coefficient (Wildman–Crippen LogP) is 2.65. The van der Waals surface area contributed by atoms with Crippen LogP contribution in [0.25, 0.3) is 0 Å². The Balaban J connectivity index is 1.63. The van der Waals surface area contributed by atoms with Crippen molar-refractivity contribution < 1.29 is 9.53 Å². The van der Waals surface area contributed by atoms with E-state index in [0.29, 0.717) is 19.7 Å². The van der Waals surface area contributed by atoms with Crippen molar-refractivity contribution in [3.8, 4) is 5.75 Å². The lowest BCUT2D eigenvalue weighted by atomic mass is 10.2. The topological polar surface area (TPSA) is 54.5 Å². The first-order valence-electron chi connectivity index (χ1n) is 7.72. The van der Waals surface area contributed by atoms with Gasteiger partial charge in [-0.3, -0.25) is 4.98 Å². The number of nitrogens with zero attached hydrogens (tertiary/aromatic N) is 2. The van der Waals surface area contributed by atoms with Gasteiger partial charge in [-0.1, -0.05) is 17.7 Å². The lowest BCUT2D eigenvalue weighted by Crippen LogP contribution is -2.40. The fraction of sp³-hybridized carbons (Fsp3) is 0.333. The van der Waals surface area contributed by atoms with Gasteiger partial charge in [0.1, 0.15) is 12.4 Å². The Kier molecular flexibility index (Phi) is 6.41. The molecule has 122 valence electrons. The van der Waals surface area contributed by atoms with Gasteiger partial charge >= 0.3 is 6.03 Å². The number of ether oxygens (including phenoxy) is 1. The summed E-state index contributed by atoms with van der Waals surface area (Å²) in [6.07, 6.45) is 4.34. The number of carbonyl (C=O) groups excluding carboxylic acids is 1. The van der Waals surface area contributed by atoms with Crippen molar-refractivity contribution in [2.24, 2.45) is 0 Å². The summed E-state index contributed by atoms with van der Waals surface area (Å²) in [5.41, 5.74) is 2.36. The molecule has 1 aromatic heterocycles. The van der Waals surface area contributed by atoms with Gasteiger partial charge < -0.3 is 15.0 Å². The van der Waals surface area contributed by atoms with E-state index in [2.05, 4.69) is 10.3 Å². The van der Waals surface area contributed by atoms with Crippen LogP contribution >= 0.6 is 0 Å². The van der Waals surface area contributed by atoms with Crippen molar-refractivity contribution in [2.75, 3.05) is 26.7 Å². The highest BCUT2D eigenvalue weighted by Crippen LogP contribution is 2.10. The summed E-state index contributed by atoms with van der Waals surface area (Å²) < 4.78 is 5.58. The normalized spacial score (nSPS) is 10.2. The lowest BCUT2D eigenvalue weighted by Gasteiger charge is -2.18. The number of rotatable bonds is 7. The second-order valence-corrected chi connectivity index (χ2v) is 5.42. The van der Waals surface area contributed by atoms with Gasteiger partial charge in [0.2, 0.25) is 0 Å².